The summed E-state index contributed by atoms with van der Waals surface area (Å²) in [4.78, 5) is 10.6. The highest BCUT2D eigenvalue weighted by molar-refractivity contribution is 9.10. The number of rotatable bonds is 3. The summed E-state index contributed by atoms with van der Waals surface area (Å²) in [5, 5.41) is 18.7. The zero-order valence-electron chi connectivity index (χ0n) is 11.5. The van der Waals surface area contributed by atoms with E-state index in [9.17, 15) is 10.1 Å². The maximum atomic E-state index is 11.0. The monoisotopic (exact) mass is 350 g/mol. The van der Waals surface area contributed by atoms with Crippen LogP contribution >= 0.6 is 15.9 Å². The van der Waals surface area contributed by atoms with Gasteiger partial charge in [0, 0.05) is 30.1 Å². The Morgan fingerprint density at radius 1 is 1.52 bits per heavy atom. The van der Waals surface area contributed by atoms with Crippen LogP contribution in [0, 0.1) is 10.1 Å². The fraction of sp³-hybridized carbons (Fsp3) is 0.357. The Morgan fingerprint density at radius 2 is 2.33 bits per heavy atom. The number of nitrogens with zero attached hydrogens (tertiary/aromatic N) is 3. The van der Waals surface area contributed by atoms with Crippen molar-refractivity contribution in [2.75, 3.05) is 5.32 Å². The maximum Gasteiger partial charge on any atom is 0.285 e. The van der Waals surface area contributed by atoms with E-state index >= 15 is 0 Å². The first-order valence-electron chi connectivity index (χ1n) is 6.77. The first-order chi connectivity index (χ1) is 10.1. The molecule has 1 aliphatic carbocycles. The van der Waals surface area contributed by atoms with Gasteiger partial charge in [0.2, 0.25) is 0 Å². The second-order valence-corrected chi connectivity index (χ2v) is 6.04. The van der Waals surface area contributed by atoms with Crippen LogP contribution in [-0.2, 0) is 13.5 Å². The van der Waals surface area contributed by atoms with Crippen molar-refractivity contribution < 1.29 is 4.92 Å². The number of halogens is 1. The minimum atomic E-state index is -0.383. The van der Waals surface area contributed by atoms with Gasteiger partial charge in [-0.15, -0.1) is 0 Å². The summed E-state index contributed by atoms with van der Waals surface area (Å²) in [7, 11) is 1.95. The molecule has 1 unspecified atom stereocenters. The van der Waals surface area contributed by atoms with Crippen LogP contribution in [0.4, 0.5) is 11.4 Å². The van der Waals surface area contributed by atoms with Gasteiger partial charge in [-0.25, -0.2) is 0 Å². The van der Waals surface area contributed by atoms with Crippen molar-refractivity contribution >= 4 is 27.3 Å². The summed E-state index contributed by atoms with van der Waals surface area (Å²) in [6, 6.07) is 5.27. The van der Waals surface area contributed by atoms with Crippen LogP contribution in [0.1, 0.15) is 30.1 Å². The molecule has 21 heavy (non-hydrogen) atoms. The summed E-state index contributed by atoms with van der Waals surface area (Å²) < 4.78 is 2.40. The molecule has 0 saturated carbocycles. The van der Waals surface area contributed by atoms with Gasteiger partial charge < -0.3 is 5.32 Å². The number of hydrogen-bond donors (Lipinski definition) is 1. The largest absolute Gasteiger partial charge is 0.378 e. The fourth-order valence-corrected chi connectivity index (χ4v) is 3.19. The lowest BCUT2D eigenvalue weighted by atomic mass is 9.93. The van der Waals surface area contributed by atoms with E-state index in [1.54, 1.807) is 12.1 Å². The summed E-state index contributed by atoms with van der Waals surface area (Å²) in [6.07, 6.45) is 5.01. The van der Waals surface area contributed by atoms with Crippen LogP contribution in [0.2, 0.25) is 0 Å². The van der Waals surface area contributed by atoms with E-state index in [-0.39, 0.29) is 16.7 Å². The summed E-state index contributed by atoms with van der Waals surface area (Å²) in [6.45, 7) is 0. The van der Waals surface area contributed by atoms with E-state index in [2.05, 4.69) is 26.3 Å². The van der Waals surface area contributed by atoms with Crippen LogP contribution in [-0.4, -0.2) is 14.7 Å². The van der Waals surface area contributed by atoms with Gasteiger partial charge in [0.15, 0.2) is 0 Å². The predicted octanol–water partition coefficient (Wildman–Crippen LogP) is 3.58. The molecule has 0 amide bonds. The van der Waals surface area contributed by atoms with Gasteiger partial charge in [-0.3, -0.25) is 14.8 Å². The number of aromatic nitrogens is 2. The number of aryl methyl sites for hydroxylation is 1. The van der Waals surface area contributed by atoms with Crippen molar-refractivity contribution in [1.29, 1.82) is 0 Å². The fourth-order valence-electron chi connectivity index (χ4n) is 2.80. The van der Waals surface area contributed by atoms with Crippen molar-refractivity contribution in [3.8, 4) is 0 Å². The SMILES string of the molecule is Cn1ncc2c1CCCC2Nc1ccc(Br)c([N+](=O)[O-])c1. The highest BCUT2D eigenvalue weighted by atomic mass is 79.9. The number of benzene rings is 1. The van der Waals surface area contributed by atoms with Gasteiger partial charge in [-0.2, -0.15) is 5.10 Å². The summed E-state index contributed by atoms with van der Waals surface area (Å²) in [5.41, 5.74) is 3.26. The molecule has 1 aromatic heterocycles. The molecule has 0 fully saturated rings. The van der Waals surface area contributed by atoms with E-state index < -0.39 is 0 Å². The first-order valence-corrected chi connectivity index (χ1v) is 7.57. The molecule has 1 aromatic carbocycles. The third-order valence-corrected chi connectivity index (χ3v) is 4.53. The second-order valence-electron chi connectivity index (χ2n) is 5.18. The highest BCUT2D eigenvalue weighted by Gasteiger charge is 2.24. The van der Waals surface area contributed by atoms with Crippen molar-refractivity contribution in [3.05, 3.63) is 50.2 Å². The summed E-state index contributed by atoms with van der Waals surface area (Å²) in [5.74, 6) is 0. The van der Waals surface area contributed by atoms with E-state index in [0.29, 0.717) is 4.47 Å². The number of hydrogen-bond acceptors (Lipinski definition) is 4. The quantitative estimate of drug-likeness (QED) is 0.678. The Bertz CT molecular complexity index is 698. The lowest BCUT2D eigenvalue weighted by molar-refractivity contribution is -0.385. The average molecular weight is 351 g/mol. The number of nitro groups is 1. The molecule has 7 heteroatoms. The van der Waals surface area contributed by atoms with Crippen LogP contribution in [0.3, 0.4) is 0 Å². The van der Waals surface area contributed by atoms with Crippen LogP contribution < -0.4 is 5.32 Å². The predicted molar refractivity (Wildman–Crippen MR) is 83.3 cm³/mol. The number of nitro benzene ring substituents is 1. The average Bonchev–Trinajstić information content (AvgIpc) is 2.84. The van der Waals surface area contributed by atoms with Gasteiger partial charge in [-0.1, -0.05) is 0 Å². The molecular weight excluding hydrogens is 336 g/mol. The van der Waals surface area contributed by atoms with E-state index in [4.69, 9.17) is 0 Å². The summed E-state index contributed by atoms with van der Waals surface area (Å²) >= 11 is 3.20. The molecule has 0 spiro atoms. The molecule has 0 aliphatic heterocycles. The molecule has 1 N–H and O–H groups in total. The standard InChI is InChI=1S/C14H15BrN4O2/c1-18-13-4-2-3-12(10(13)8-16-18)17-9-5-6-11(15)14(7-9)19(20)21/h5-8,12,17H,2-4H2,1H3. The van der Waals surface area contributed by atoms with E-state index in [1.165, 1.54) is 11.3 Å². The second kappa shape index (κ2) is 5.48. The Labute approximate surface area is 130 Å². The third-order valence-electron chi connectivity index (χ3n) is 3.86. The Kier molecular flexibility index (Phi) is 3.67. The molecule has 1 atom stereocenters. The molecule has 1 heterocycles. The van der Waals surface area contributed by atoms with E-state index in [0.717, 1.165) is 24.9 Å². The van der Waals surface area contributed by atoms with Gasteiger partial charge in [0.25, 0.3) is 5.69 Å². The Hall–Kier alpha value is -1.89. The highest BCUT2D eigenvalue weighted by Crippen LogP contribution is 2.34. The zero-order chi connectivity index (χ0) is 15.0. The Morgan fingerprint density at radius 3 is 3.10 bits per heavy atom. The van der Waals surface area contributed by atoms with Crippen molar-refractivity contribution in [1.82, 2.24) is 9.78 Å². The van der Waals surface area contributed by atoms with E-state index in [1.807, 2.05) is 24.0 Å². The molecule has 0 saturated heterocycles. The normalized spacial score (nSPS) is 17.3. The van der Waals surface area contributed by atoms with Gasteiger partial charge >= 0.3 is 0 Å². The Balaban J connectivity index is 1.88. The molecule has 0 bridgehead atoms. The lowest BCUT2D eigenvalue weighted by Crippen LogP contribution is -2.17. The van der Waals surface area contributed by atoms with Crippen molar-refractivity contribution in [3.63, 3.8) is 0 Å². The number of fused-ring (bicyclic) bond motifs is 1. The molecular formula is C14H15BrN4O2. The smallest absolute Gasteiger partial charge is 0.285 e. The molecule has 3 rings (SSSR count). The zero-order valence-corrected chi connectivity index (χ0v) is 13.1. The molecule has 1 aliphatic rings. The topological polar surface area (TPSA) is 73.0 Å². The van der Waals surface area contributed by atoms with Crippen LogP contribution in [0.25, 0.3) is 0 Å². The molecule has 6 nitrogen and oxygen atoms in total. The van der Waals surface area contributed by atoms with Gasteiger partial charge in [0.05, 0.1) is 21.6 Å². The minimum Gasteiger partial charge on any atom is -0.378 e. The lowest BCUT2D eigenvalue weighted by Gasteiger charge is -2.24. The molecule has 0 radical (unpaired) electrons. The van der Waals surface area contributed by atoms with Gasteiger partial charge in [0.1, 0.15) is 0 Å². The van der Waals surface area contributed by atoms with Crippen molar-refractivity contribution in [2.45, 2.75) is 25.3 Å². The minimum absolute atomic E-state index is 0.0715. The molecule has 110 valence electrons. The van der Waals surface area contributed by atoms with Gasteiger partial charge in [-0.05, 0) is 47.3 Å². The van der Waals surface area contributed by atoms with Crippen molar-refractivity contribution in [2.24, 2.45) is 7.05 Å². The van der Waals surface area contributed by atoms with Crippen LogP contribution in [0.5, 0.6) is 0 Å². The number of anilines is 1. The third kappa shape index (κ3) is 2.65. The van der Waals surface area contributed by atoms with Crippen LogP contribution in [0.15, 0.2) is 28.9 Å². The number of nitrogens with one attached hydrogen (secondary N) is 1. The maximum absolute atomic E-state index is 11.0. The molecule has 2 aromatic rings. The first kappa shape index (κ1) is 14.1.